The summed E-state index contributed by atoms with van der Waals surface area (Å²) in [5.74, 6) is -0.796. The monoisotopic (exact) mass is 459 g/mol. The molecule has 3 rings (SSSR count). The third kappa shape index (κ3) is 5.30. The van der Waals surface area contributed by atoms with Crippen LogP contribution < -0.4 is 0 Å². The summed E-state index contributed by atoms with van der Waals surface area (Å²) in [7, 11) is 1.32. The quantitative estimate of drug-likeness (QED) is 0.326. The van der Waals surface area contributed by atoms with Gasteiger partial charge >= 0.3 is 12.1 Å². The maximum atomic E-state index is 12.7. The number of rotatable bonds is 4. The number of hydrogen-bond donors (Lipinski definition) is 0. The van der Waals surface area contributed by atoms with E-state index >= 15 is 0 Å². The zero-order valence-electron chi connectivity index (χ0n) is 17.7. The first kappa shape index (κ1) is 22.9. The summed E-state index contributed by atoms with van der Waals surface area (Å²) in [4.78, 5) is 24.4. The van der Waals surface area contributed by atoms with Crippen LogP contribution in [0.4, 0.5) is 4.79 Å². The molecule has 1 heterocycles. The summed E-state index contributed by atoms with van der Waals surface area (Å²) in [5.41, 5.74) is 1.81. The minimum Gasteiger partial charge on any atom is -0.466 e. The fraction of sp³-hybridized carbons (Fsp3) is 0.250. The molecule has 0 saturated heterocycles. The van der Waals surface area contributed by atoms with E-state index in [0.717, 1.165) is 16.5 Å². The van der Waals surface area contributed by atoms with Crippen molar-refractivity contribution in [3.63, 3.8) is 0 Å². The Morgan fingerprint density at radius 3 is 2.45 bits per heavy atom. The first-order valence-corrected chi connectivity index (χ1v) is 10.4. The summed E-state index contributed by atoms with van der Waals surface area (Å²) >= 11 is 12.3. The number of fused-ring (bicyclic) bond motifs is 1. The van der Waals surface area contributed by atoms with Crippen molar-refractivity contribution in [2.45, 2.75) is 32.3 Å². The predicted molar refractivity (Wildman–Crippen MR) is 123 cm³/mol. The largest absolute Gasteiger partial charge is 0.466 e. The number of carbonyl (C=O) groups is 2. The zero-order chi connectivity index (χ0) is 22.8. The Balaban J connectivity index is 2.13. The van der Waals surface area contributed by atoms with Crippen LogP contribution in [0.25, 0.3) is 10.9 Å². The van der Waals surface area contributed by atoms with Gasteiger partial charge < -0.3 is 9.47 Å². The predicted octanol–water partition coefficient (Wildman–Crippen LogP) is 6.59. The van der Waals surface area contributed by atoms with Gasteiger partial charge in [0.15, 0.2) is 0 Å². The molecule has 2 aromatic carbocycles. The summed E-state index contributed by atoms with van der Waals surface area (Å²) in [6, 6.07) is 12.8. The fourth-order valence-corrected chi connectivity index (χ4v) is 3.58. The third-order valence-corrected chi connectivity index (χ3v) is 5.36. The number of allylic oxidation sites excluding steroid dienone is 1. The highest BCUT2D eigenvalue weighted by Crippen LogP contribution is 2.35. The molecule has 0 N–H and O–H groups in total. The second-order valence-electron chi connectivity index (χ2n) is 7.98. The lowest BCUT2D eigenvalue weighted by Crippen LogP contribution is -2.26. The second-order valence-corrected chi connectivity index (χ2v) is 8.79. The first-order valence-electron chi connectivity index (χ1n) is 9.65. The summed E-state index contributed by atoms with van der Waals surface area (Å²) < 4.78 is 11.7. The molecule has 0 bridgehead atoms. The van der Waals surface area contributed by atoms with Crippen LogP contribution in [-0.4, -0.2) is 29.3 Å². The van der Waals surface area contributed by atoms with E-state index in [-0.39, 0.29) is 5.92 Å². The van der Waals surface area contributed by atoms with Gasteiger partial charge in [-0.25, -0.2) is 9.59 Å². The molecule has 0 aliphatic carbocycles. The normalized spacial score (nSPS) is 12.8. The van der Waals surface area contributed by atoms with Crippen LogP contribution in [0.2, 0.25) is 10.0 Å². The number of benzene rings is 2. The average Bonchev–Trinajstić information content (AvgIpc) is 3.14. The van der Waals surface area contributed by atoms with Gasteiger partial charge in [0.25, 0.3) is 0 Å². The standard InChI is InChI=1S/C24H23Cl2NO4/c1-24(2,3)31-23(29)27-13-12-18-17(6-5-7-21(18)27)16(9-11-22(28)30-4)15-8-10-19(25)20(26)14-15/h5-14,16H,1-4H3/b11-9+/t16-/m0/s1. The Bertz CT molecular complexity index is 1160. The Hall–Kier alpha value is -2.76. The van der Waals surface area contributed by atoms with E-state index in [1.165, 1.54) is 17.8 Å². The number of aromatic nitrogens is 1. The molecular formula is C24H23Cl2NO4. The molecule has 7 heteroatoms. The van der Waals surface area contributed by atoms with Crippen molar-refractivity contribution in [1.82, 2.24) is 4.57 Å². The number of nitrogens with zero attached hydrogens (tertiary/aromatic N) is 1. The minimum atomic E-state index is -0.614. The molecule has 3 aromatic rings. The van der Waals surface area contributed by atoms with Crippen LogP contribution >= 0.6 is 23.2 Å². The van der Waals surface area contributed by atoms with Crippen molar-refractivity contribution in [2.75, 3.05) is 7.11 Å². The molecule has 0 saturated carbocycles. The van der Waals surface area contributed by atoms with E-state index in [2.05, 4.69) is 0 Å². The number of ether oxygens (including phenoxy) is 2. The number of halogens is 2. The molecule has 0 spiro atoms. The van der Waals surface area contributed by atoms with Crippen molar-refractivity contribution in [3.05, 3.63) is 82.0 Å². The molecule has 1 atom stereocenters. The molecule has 0 radical (unpaired) electrons. The molecule has 0 fully saturated rings. The molecule has 5 nitrogen and oxygen atoms in total. The van der Waals surface area contributed by atoms with Crippen LogP contribution in [0, 0.1) is 0 Å². The Labute approximate surface area is 191 Å². The van der Waals surface area contributed by atoms with Gasteiger partial charge in [-0.05, 0) is 56.2 Å². The number of methoxy groups -OCH3 is 1. The summed E-state index contributed by atoms with van der Waals surface area (Å²) in [5, 5.41) is 1.70. The van der Waals surface area contributed by atoms with Gasteiger partial charge in [0, 0.05) is 23.6 Å². The van der Waals surface area contributed by atoms with E-state index in [9.17, 15) is 9.59 Å². The molecule has 0 aliphatic heterocycles. The summed E-state index contributed by atoms with van der Waals surface area (Å²) in [6.07, 6.45) is 4.33. The number of esters is 1. The number of hydrogen-bond acceptors (Lipinski definition) is 4. The van der Waals surface area contributed by atoms with E-state index in [4.69, 9.17) is 32.7 Å². The molecule has 0 aliphatic rings. The fourth-order valence-electron chi connectivity index (χ4n) is 3.28. The lowest BCUT2D eigenvalue weighted by atomic mass is 9.89. The van der Waals surface area contributed by atoms with Crippen LogP contribution in [0.3, 0.4) is 0 Å². The highest BCUT2D eigenvalue weighted by Gasteiger charge is 2.22. The van der Waals surface area contributed by atoms with E-state index in [1.54, 1.807) is 24.4 Å². The van der Waals surface area contributed by atoms with Crippen molar-refractivity contribution in [3.8, 4) is 0 Å². The van der Waals surface area contributed by atoms with Crippen molar-refractivity contribution < 1.29 is 19.1 Å². The molecule has 162 valence electrons. The highest BCUT2D eigenvalue weighted by molar-refractivity contribution is 6.42. The summed E-state index contributed by atoms with van der Waals surface area (Å²) in [6.45, 7) is 5.46. The van der Waals surface area contributed by atoms with Crippen LogP contribution in [-0.2, 0) is 14.3 Å². The second kappa shape index (κ2) is 9.16. The molecule has 31 heavy (non-hydrogen) atoms. The topological polar surface area (TPSA) is 57.5 Å². The Kier molecular flexibility index (Phi) is 6.77. The Morgan fingerprint density at radius 1 is 1.06 bits per heavy atom. The first-order chi connectivity index (χ1) is 14.6. The van der Waals surface area contributed by atoms with Crippen LogP contribution in [0.15, 0.2) is 60.8 Å². The molecular weight excluding hydrogens is 437 g/mol. The highest BCUT2D eigenvalue weighted by atomic mass is 35.5. The maximum absolute atomic E-state index is 12.7. The molecule has 0 unspecified atom stereocenters. The average molecular weight is 460 g/mol. The van der Waals surface area contributed by atoms with Crippen LogP contribution in [0.1, 0.15) is 37.8 Å². The van der Waals surface area contributed by atoms with Gasteiger partial charge in [0.2, 0.25) is 0 Å². The van der Waals surface area contributed by atoms with Gasteiger partial charge in [-0.1, -0.05) is 47.5 Å². The van der Waals surface area contributed by atoms with Gasteiger partial charge in [-0.3, -0.25) is 4.57 Å². The number of carbonyl (C=O) groups excluding carboxylic acids is 2. The molecule has 1 aromatic heterocycles. The minimum absolute atomic E-state index is 0.327. The van der Waals surface area contributed by atoms with Gasteiger partial charge in [-0.2, -0.15) is 0 Å². The maximum Gasteiger partial charge on any atom is 0.418 e. The van der Waals surface area contributed by atoms with E-state index in [1.807, 2.05) is 51.1 Å². The van der Waals surface area contributed by atoms with Gasteiger partial charge in [0.05, 0.1) is 22.7 Å². The van der Waals surface area contributed by atoms with Crippen molar-refractivity contribution >= 4 is 46.2 Å². The smallest absolute Gasteiger partial charge is 0.418 e. The Morgan fingerprint density at radius 2 is 1.81 bits per heavy atom. The van der Waals surface area contributed by atoms with Gasteiger partial charge in [0.1, 0.15) is 5.60 Å². The zero-order valence-corrected chi connectivity index (χ0v) is 19.2. The SMILES string of the molecule is COC(=O)/C=C/[C@@H](c1ccc(Cl)c(Cl)c1)c1cccc2c1ccn2C(=O)OC(C)(C)C. The van der Waals surface area contributed by atoms with Gasteiger partial charge in [-0.15, -0.1) is 0 Å². The van der Waals surface area contributed by atoms with Crippen LogP contribution in [0.5, 0.6) is 0 Å². The van der Waals surface area contributed by atoms with E-state index in [0.29, 0.717) is 15.6 Å². The van der Waals surface area contributed by atoms with Crippen molar-refractivity contribution in [1.29, 1.82) is 0 Å². The van der Waals surface area contributed by atoms with Crippen molar-refractivity contribution in [2.24, 2.45) is 0 Å². The lowest BCUT2D eigenvalue weighted by molar-refractivity contribution is -0.134. The lowest BCUT2D eigenvalue weighted by Gasteiger charge is -2.20. The third-order valence-electron chi connectivity index (χ3n) is 4.62. The molecule has 0 amide bonds. The van der Waals surface area contributed by atoms with E-state index < -0.39 is 17.7 Å².